The van der Waals surface area contributed by atoms with Crippen LogP contribution in [0.4, 0.5) is 14.5 Å². The molecule has 2 unspecified atom stereocenters. The zero-order chi connectivity index (χ0) is 13.6. The van der Waals surface area contributed by atoms with E-state index in [1.165, 1.54) is 0 Å². The quantitative estimate of drug-likeness (QED) is 0.786. The molecule has 4 nitrogen and oxygen atoms in total. The van der Waals surface area contributed by atoms with Crippen molar-refractivity contribution in [2.45, 2.75) is 25.0 Å². The lowest BCUT2D eigenvalue weighted by atomic mass is 10.1. The predicted octanol–water partition coefficient (Wildman–Crippen LogP) is 1.55. The van der Waals surface area contributed by atoms with E-state index < -0.39 is 17.5 Å². The number of morpholine rings is 1. The van der Waals surface area contributed by atoms with Gasteiger partial charge >= 0.3 is 0 Å². The van der Waals surface area contributed by atoms with E-state index in [1.807, 2.05) is 0 Å². The van der Waals surface area contributed by atoms with Crippen LogP contribution in [-0.2, 0) is 4.74 Å². The molecule has 2 atom stereocenters. The molecule has 3 rings (SSSR count). The number of ether oxygens (including phenoxy) is 1. The summed E-state index contributed by atoms with van der Waals surface area (Å²) < 4.78 is 32.4. The van der Waals surface area contributed by atoms with E-state index in [1.54, 1.807) is 4.90 Å². The van der Waals surface area contributed by atoms with Gasteiger partial charge in [-0.1, -0.05) is 0 Å². The number of anilines is 1. The Kier molecular flexibility index (Phi) is 2.89. The van der Waals surface area contributed by atoms with Crippen LogP contribution in [0.2, 0.25) is 0 Å². The third kappa shape index (κ3) is 2.16. The fraction of sp³-hybridized carbons (Fsp3) is 0.462. The van der Waals surface area contributed by atoms with Crippen molar-refractivity contribution in [2.75, 3.05) is 18.8 Å². The van der Waals surface area contributed by atoms with Crippen LogP contribution in [-0.4, -0.2) is 36.1 Å². The van der Waals surface area contributed by atoms with E-state index in [2.05, 4.69) is 0 Å². The second-order valence-corrected chi connectivity index (χ2v) is 5.02. The maximum absolute atomic E-state index is 13.7. The second kappa shape index (κ2) is 4.45. The number of nitrogens with two attached hydrogens (primary N) is 1. The van der Waals surface area contributed by atoms with Gasteiger partial charge in [0.1, 0.15) is 11.6 Å². The summed E-state index contributed by atoms with van der Waals surface area (Å²) in [5.74, 6) is -2.18. The zero-order valence-electron chi connectivity index (χ0n) is 10.2. The average molecular weight is 268 g/mol. The van der Waals surface area contributed by atoms with E-state index in [0.717, 1.165) is 18.9 Å². The lowest BCUT2D eigenvalue weighted by molar-refractivity contribution is -0.0304. The van der Waals surface area contributed by atoms with Crippen molar-refractivity contribution < 1.29 is 18.3 Å². The Labute approximate surface area is 109 Å². The highest BCUT2D eigenvalue weighted by atomic mass is 19.1. The maximum atomic E-state index is 13.7. The van der Waals surface area contributed by atoms with Crippen LogP contribution in [0.25, 0.3) is 0 Å². The van der Waals surface area contributed by atoms with Crippen LogP contribution in [0.5, 0.6) is 0 Å². The van der Waals surface area contributed by atoms with Crippen molar-refractivity contribution in [1.29, 1.82) is 0 Å². The number of rotatable bonds is 1. The second-order valence-electron chi connectivity index (χ2n) is 5.02. The number of likely N-dealkylation sites (tertiary alicyclic amines) is 1. The number of hydrogen-bond donors (Lipinski definition) is 1. The highest BCUT2D eigenvalue weighted by Crippen LogP contribution is 2.28. The Balaban J connectivity index is 1.86. The minimum absolute atomic E-state index is 0.0311. The molecule has 2 aliphatic rings. The minimum atomic E-state index is -0.879. The van der Waals surface area contributed by atoms with Gasteiger partial charge in [-0.3, -0.25) is 4.79 Å². The first-order valence-corrected chi connectivity index (χ1v) is 6.24. The van der Waals surface area contributed by atoms with E-state index in [4.69, 9.17) is 10.5 Å². The third-order valence-electron chi connectivity index (χ3n) is 3.65. The normalized spacial score (nSPS) is 25.7. The number of nitrogens with zero attached hydrogens (tertiary/aromatic N) is 1. The molecule has 0 saturated carbocycles. The molecule has 1 aromatic rings. The topological polar surface area (TPSA) is 55.6 Å². The Morgan fingerprint density at radius 2 is 1.84 bits per heavy atom. The number of hydrogen-bond acceptors (Lipinski definition) is 3. The fourth-order valence-corrected chi connectivity index (χ4v) is 2.68. The molecular weight excluding hydrogens is 254 g/mol. The number of amides is 1. The smallest absolute Gasteiger partial charge is 0.257 e. The summed E-state index contributed by atoms with van der Waals surface area (Å²) in [6.07, 6.45) is 1.90. The molecule has 0 aromatic heterocycles. The Morgan fingerprint density at radius 3 is 2.47 bits per heavy atom. The summed E-state index contributed by atoms with van der Waals surface area (Å²) in [4.78, 5) is 13.8. The van der Waals surface area contributed by atoms with Gasteiger partial charge in [0.25, 0.3) is 5.91 Å². The molecule has 0 spiro atoms. The minimum Gasteiger partial charge on any atom is -0.396 e. The molecule has 1 aromatic carbocycles. The third-order valence-corrected chi connectivity index (χ3v) is 3.65. The molecule has 2 fully saturated rings. The molecule has 2 aliphatic heterocycles. The summed E-state index contributed by atoms with van der Waals surface area (Å²) >= 11 is 0. The predicted molar refractivity (Wildman–Crippen MR) is 64.6 cm³/mol. The van der Waals surface area contributed by atoms with Crippen molar-refractivity contribution in [1.82, 2.24) is 4.90 Å². The molecule has 0 aliphatic carbocycles. The van der Waals surface area contributed by atoms with Crippen LogP contribution in [0, 0.1) is 11.6 Å². The van der Waals surface area contributed by atoms with Crippen molar-refractivity contribution in [2.24, 2.45) is 0 Å². The molecule has 102 valence electrons. The zero-order valence-corrected chi connectivity index (χ0v) is 10.2. The monoisotopic (exact) mass is 268 g/mol. The Bertz CT molecular complexity index is 524. The first kappa shape index (κ1) is 12.3. The summed E-state index contributed by atoms with van der Waals surface area (Å²) in [6, 6.07) is 1.71. The first-order chi connectivity index (χ1) is 9.04. The molecular formula is C13H14F2N2O2. The number of nitrogen functional groups attached to an aromatic ring is 1. The fourth-order valence-electron chi connectivity index (χ4n) is 2.68. The van der Waals surface area contributed by atoms with Crippen LogP contribution >= 0.6 is 0 Å². The molecule has 2 bridgehead atoms. The SMILES string of the molecule is Nc1cc(C(=O)N2CC3CCC(C2)O3)c(F)cc1F. The summed E-state index contributed by atoms with van der Waals surface area (Å²) in [5.41, 5.74) is 4.99. The van der Waals surface area contributed by atoms with Gasteiger partial charge in [-0.05, 0) is 18.9 Å². The van der Waals surface area contributed by atoms with Gasteiger partial charge in [0.05, 0.1) is 23.5 Å². The van der Waals surface area contributed by atoms with Gasteiger partial charge in [-0.15, -0.1) is 0 Å². The van der Waals surface area contributed by atoms with E-state index in [-0.39, 0.29) is 23.5 Å². The van der Waals surface area contributed by atoms with E-state index >= 15 is 0 Å². The van der Waals surface area contributed by atoms with Crippen molar-refractivity contribution >= 4 is 11.6 Å². The van der Waals surface area contributed by atoms with Crippen molar-refractivity contribution in [3.8, 4) is 0 Å². The van der Waals surface area contributed by atoms with Gasteiger partial charge in [0, 0.05) is 19.2 Å². The Morgan fingerprint density at radius 1 is 1.21 bits per heavy atom. The average Bonchev–Trinajstić information content (AvgIpc) is 2.72. The van der Waals surface area contributed by atoms with Gasteiger partial charge in [-0.2, -0.15) is 0 Å². The van der Waals surface area contributed by atoms with Crippen molar-refractivity contribution in [3.05, 3.63) is 29.3 Å². The molecule has 2 heterocycles. The lowest BCUT2D eigenvalue weighted by Crippen LogP contribution is -2.46. The number of halogens is 2. The van der Waals surface area contributed by atoms with E-state index in [9.17, 15) is 13.6 Å². The highest BCUT2D eigenvalue weighted by molar-refractivity contribution is 5.95. The van der Waals surface area contributed by atoms with Crippen LogP contribution < -0.4 is 5.73 Å². The molecule has 6 heteroatoms. The van der Waals surface area contributed by atoms with Crippen LogP contribution in [0.15, 0.2) is 12.1 Å². The number of carbonyl (C=O) groups is 1. The number of carbonyl (C=O) groups excluding carboxylic acids is 1. The number of fused-ring (bicyclic) bond motifs is 2. The highest BCUT2D eigenvalue weighted by Gasteiger charge is 2.36. The van der Waals surface area contributed by atoms with Gasteiger partial charge in [0.15, 0.2) is 0 Å². The molecule has 2 saturated heterocycles. The van der Waals surface area contributed by atoms with Gasteiger partial charge in [0.2, 0.25) is 0 Å². The standard InChI is InChI=1S/C13H14F2N2O2/c14-10-4-11(15)12(16)3-9(10)13(18)17-5-7-1-2-8(6-17)19-7/h3-4,7-8H,1-2,5-6,16H2. The largest absolute Gasteiger partial charge is 0.396 e. The molecule has 1 amide bonds. The first-order valence-electron chi connectivity index (χ1n) is 6.24. The van der Waals surface area contributed by atoms with Crippen LogP contribution in [0.1, 0.15) is 23.2 Å². The maximum Gasteiger partial charge on any atom is 0.257 e. The van der Waals surface area contributed by atoms with Gasteiger partial charge < -0.3 is 15.4 Å². The van der Waals surface area contributed by atoms with E-state index in [0.29, 0.717) is 19.2 Å². The Hall–Kier alpha value is -1.69. The molecule has 19 heavy (non-hydrogen) atoms. The number of benzene rings is 1. The summed E-state index contributed by atoms with van der Waals surface area (Å²) in [5, 5.41) is 0. The lowest BCUT2D eigenvalue weighted by Gasteiger charge is -2.32. The molecule has 0 radical (unpaired) electrons. The van der Waals surface area contributed by atoms with Gasteiger partial charge in [-0.25, -0.2) is 8.78 Å². The van der Waals surface area contributed by atoms with Crippen molar-refractivity contribution in [3.63, 3.8) is 0 Å². The summed E-state index contributed by atoms with van der Waals surface area (Å²) in [6.45, 7) is 0.901. The summed E-state index contributed by atoms with van der Waals surface area (Å²) in [7, 11) is 0. The molecule has 2 N–H and O–H groups in total. The van der Waals surface area contributed by atoms with Crippen LogP contribution in [0.3, 0.4) is 0 Å².